The Morgan fingerprint density at radius 2 is 2.43 bits per heavy atom. The van der Waals surface area contributed by atoms with Crippen molar-refractivity contribution in [2.45, 2.75) is 18.9 Å². The number of benzene rings is 1. The van der Waals surface area contributed by atoms with Gasteiger partial charge in [-0.3, -0.25) is 0 Å². The van der Waals surface area contributed by atoms with Crippen molar-refractivity contribution in [1.29, 1.82) is 0 Å². The van der Waals surface area contributed by atoms with Crippen LogP contribution < -0.4 is 5.32 Å². The number of rotatable bonds is 1. The van der Waals surface area contributed by atoms with Crippen molar-refractivity contribution >= 4 is 11.0 Å². The largest absolute Gasteiger partial charge is 0.356 e. The second-order valence-electron chi connectivity index (χ2n) is 3.73. The first-order valence-corrected chi connectivity index (χ1v) is 5.02. The summed E-state index contributed by atoms with van der Waals surface area (Å²) < 4.78 is 5.14. The maximum Gasteiger partial charge on any atom is 0.167 e. The number of aromatic nitrogens is 1. The molecule has 1 unspecified atom stereocenters. The Hall–Kier alpha value is -1.35. The van der Waals surface area contributed by atoms with Gasteiger partial charge in [-0.2, -0.15) is 0 Å². The monoisotopic (exact) mass is 188 g/mol. The molecule has 1 saturated heterocycles. The van der Waals surface area contributed by atoms with Crippen LogP contribution in [0.5, 0.6) is 0 Å². The molecule has 1 aliphatic heterocycles. The van der Waals surface area contributed by atoms with E-state index in [-0.39, 0.29) is 0 Å². The summed E-state index contributed by atoms with van der Waals surface area (Å²) >= 11 is 0. The van der Waals surface area contributed by atoms with Crippen LogP contribution in [0.1, 0.15) is 24.4 Å². The first-order chi connectivity index (χ1) is 6.95. The molecule has 0 aliphatic carbocycles. The topological polar surface area (TPSA) is 38.1 Å². The van der Waals surface area contributed by atoms with Crippen molar-refractivity contribution in [3.63, 3.8) is 0 Å². The van der Waals surface area contributed by atoms with Gasteiger partial charge in [-0.25, -0.2) is 0 Å². The molecule has 14 heavy (non-hydrogen) atoms. The summed E-state index contributed by atoms with van der Waals surface area (Å²) in [6.45, 7) is 1.12. The molecule has 0 saturated carbocycles. The average Bonchev–Trinajstić information content (AvgIpc) is 2.88. The zero-order valence-corrected chi connectivity index (χ0v) is 7.86. The molecule has 3 rings (SSSR count). The van der Waals surface area contributed by atoms with Crippen LogP contribution in [-0.2, 0) is 0 Å². The van der Waals surface area contributed by atoms with E-state index in [1.54, 1.807) is 0 Å². The molecule has 0 amide bonds. The molecule has 1 N–H and O–H groups in total. The average molecular weight is 188 g/mol. The summed E-state index contributed by atoms with van der Waals surface area (Å²) in [5.41, 5.74) is 2.21. The second kappa shape index (κ2) is 3.10. The Labute approximate surface area is 82.1 Å². The summed E-state index contributed by atoms with van der Waals surface area (Å²) in [6.07, 6.45) is 4.28. The van der Waals surface area contributed by atoms with E-state index in [0.29, 0.717) is 6.04 Å². The molecule has 1 atom stereocenters. The number of hydrogen-bond donors (Lipinski definition) is 1. The maximum atomic E-state index is 5.14. The molecule has 72 valence electrons. The predicted molar refractivity (Wildman–Crippen MR) is 54.0 cm³/mol. The van der Waals surface area contributed by atoms with E-state index in [2.05, 4.69) is 16.5 Å². The minimum atomic E-state index is 0.484. The van der Waals surface area contributed by atoms with Crippen LogP contribution in [0, 0.1) is 0 Å². The summed E-state index contributed by atoms with van der Waals surface area (Å²) in [7, 11) is 0. The van der Waals surface area contributed by atoms with Gasteiger partial charge in [0.15, 0.2) is 5.58 Å². The third kappa shape index (κ3) is 1.13. The third-order valence-corrected chi connectivity index (χ3v) is 2.87. The normalized spacial score (nSPS) is 21.9. The fraction of sp³-hybridized carbons (Fsp3) is 0.364. The Balaban J connectivity index is 2.14. The summed E-state index contributed by atoms with van der Waals surface area (Å²) in [4.78, 5) is 0. The highest BCUT2D eigenvalue weighted by Crippen LogP contribution is 2.29. The molecule has 0 radical (unpaired) electrons. The lowest BCUT2D eigenvalue weighted by Crippen LogP contribution is -2.12. The van der Waals surface area contributed by atoms with Crippen molar-refractivity contribution in [2.24, 2.45) is 0 Å². The molecule has 0 bridgehead atoms. The van der Waals surface area contributed by atoms with E-state index in [9.17, 15) is 0 Å². The highest BCUT2D eigenvalue weighted by molar-refractivity contribution is 5.80. The van der Waals surface area contributed by atoms with E-state index in [4.69, 9.17) is 4.52 Å². The number of fused-ring (bicyclic) bond motifs is 1. The summed E-state index contributed by atoms with van der Waals surface area (Å²) in [5.74, 6) is 0. The van der Waals surface area contributed by atoms with Gasteiger partial charge < -0.3 is 9.84 Å². The van der Waals surface area contributed by atoms with Gasteiger partial charge in [-0.15, -0.1) is 0 Å². The zero-order valence-electron chi connectivity index (χ0n) is 7.86. The van der Waals surface area contributed by atoms with Crippen LogP contribution in [-0.4, -0.2) is 11.7 Å². The van der Waals surface area contributed by atoms with Gasteiger partial charge >= 0.3 is 0 Å². The van der Waals surface area contributed by atoms with Gasteiger partial charge in [0.2, 0.25) is 0 Å². The van der Waals surface area contributed by atoms with Crippen LogP contribution in [0.25, 0.3) is 11.0 Å². The molecule has 1 aliphatic rings. The van der Waals surface area contributed by atoms with Gasteiger partial charge in [0.1, 0.15) is 0 Å². The van der Waals surface area contributed by atoms with Crippen LogP contribution in [0.4, 0.5) is 0 Å². The van der Waals surface area contributed by atoms with Crippen LogP contribution in [0.2, 0.25) is 0 Å². The van der Waals surface area contributed by atoms with Crippen LogP contribution in [0.15, 0.2) is 28.9 Å². The van der Waals surface area contributed by atoms with Crippen molar-refractivity contribution < 1.29 is 4.52 Å². The Morgan fingerprint density at radius 1 is 1.43 bits per heavy atom. The van der Waals surface area contributed by atoms with Crippen molar-refractivity contribution in [2.75, 3.05) is 6.54 Å². The minimum Gasteiger partial charge on any atom is -0.356 e. The highest BCUT2D eigenvalue weighted by Gasteiger charge is 2.18. The van der Waals surface area contributed by atoms with Crippen LogP contribution in [0.3, 0.4) is 0 Å². The quantitative estimate of drug-likeness (QED) is 0.745. The van der Waals surface area contributed by atoms with Gasteiger partial charge in [0.25, 0.3) is 0 Å². The minimum absolute atomic E-state index is 0.484. The molecule has 1 aromatic heterocycles. The van der Waals surface area contributed by atoms with E-state index >= 15 is 0 Å². The lowest BCUT2D eigenvalue weighted by atomic mass is 10.0. The van der Waals surface area contributed by atoms with Crippen molar-refractivity contribution in [3.05, 3.63) is 30.0 Å². The van der Waals surface area contributed by atoms with Gasteiger partial charge in [-0.1, -0.05) is 17.3 Å². The molecule has 3 heteroatoms. The van der Waals surface area contributed by atoms with Crippen molar-refractivity contribution in [3.8, 4) is 0 Å². The summed E-state index contributed by atoms with van der Waals surface area (Å²) in [6, 6.07) is 6.63. The SMILES string of the molecule is c1cc(C2CCCN2)c2cnoc2c1. The first-order valence-electron chi connectivity index (χ1n) is 5.02. The number of nitrogens with one attached hydrogen (secondary N) is 1. The maximum absolute atomic E-state index is 5.14. The lowest BCUT2D eigenvalue weighted by Gasteiger charge is -2.10. The van der Waals surface area contributed by atoms with Gasteiger partial charge in [0.05, 0.1) is 6.20 Å². The molecule has 1 fully saturated rings. The van der Waals surface area contributed by atoms with E-state index in [0.717, 1.165) is 17.5 Å². The van der Waals surface area contributed by atoms with Crippen LogP contribution >= 0.6 is 0 Å². The molecule has 1 aromatic carbocycles. The fourth-order valence-corrected chi connectivity index (χ4v) is 2.17. The Morgan fingerprint density at radius 3 is 3.29 bits per heavy atom. The molecular formula is C11H12N2O. The second-order valence-corrected chi connectivity index (χ2v) is 3.73. The van der Waals surface area contributed by atoms with E-state index in [1.807, 2.05) is 18.3 Å². The summed E-state index contributed by atoms with van der Waals surface area (Å²) in [5, 5.41) is 8.46. The molecule has 2 aromatic rings. The predicted octanol–water partition coefficient (Wildman–Crippen LogP) is 2.25. The van der Waals surface area contributed by atoms with E-state index in [1.165, 1.54) is 18.4 Å². The van der Waals surface area contributed by atoms with E-state index < -0.39 is 0 Å². The number of nitrogens with zero attached hydrogens (tertiary/aromatic N) is 1. The molecule has 2 heterocycles. The Kier molecular flexibility index (Phi) is 1.77. The van der Waals surface area contributed by atoms with Gasteiger partial charge in [-0.05, 0) is 31.0 Å². The molecule has 3 nitrogen and oxygen atoms in total. The zero-order chi connectivity index (χ0) is 9.38. The smallest absolute Gasteiger partial charge is 0.167 e. The fourth-order valence-electron chi connectivity index (χ4n) is 2.17. The standard InChI is InChI=1S/C11H12N2O/c1-3-8(10-4-2-6-12-10)9-7-13-14-11(9)5-1/h1,3,5,7,10,12H,2,4,6H2. The molecular weight excluding hydrogens is 176 g/mol. The number of hydrogen-bond acceptors (Lipinski definition) is 3. The third-order valence-electron chi connectivity index (χ3n) is 2.87. The Bertz CT molecular complexity index is 443. The lowest BCUT2D eigenvalue weighted by molar-refractivity contribution is 0.456. The molecule has 0 spiro atoms. The van der Waals surface area contributed by atoms with Gasteiger partial charge in [0, 0.05) is 11.4 Å². The highest BCUT2D eigenvalue weighted by atomic mass is 16.5. The van der Waals surface area contributed by atoms with Crippen molar-refractivity contribution in [1.82, 2.24) is 10.5 Å². The first kappa shape index (κ1) is 8.00.